The second-order valence-electron chi connectivity index (χ2n) is 4.95. The molecule has 7 heteroatoms. The molecule has 1 aromatic carbocycles. The summed E-state index contributed by atoms with van der Waals surface area (Å²) >= 11 is 0. The zero-order valence-corrected chi connectivity index (χ0v) is 11.8. The van der Waals surface area contributed by atoms with E-state index in [2.05, 4.69) is 20.6 Å². The summed E-state index contributed by atoms with van der Waals surface area (Å²) in [5, 5.41) is 10.6. The number of amides is 1. The van der Waals surface area contributed by atoms with Gasteiger partial charge in [-0.1, -0.05) is 24.3 Å². The van der Waals surface area contributed by atoms with Crippen molar-refractivity contribution in [1.29, 1.82) is 0 Å². The van der Waals surface area contributed by atoms with E-state index in [1.165, 1.54) is 4.52 Å². The molecule has 1 atom stereocenters. The number of nitrogens with zero attached hydrogens (tertiary/aromatic N) is 3. The number of aromatic nitrogens is 4. The average Bonchev–Trinajstić information content (AvgIpc) is 2.93. The number of H-pyrrole nitrogens is 1. The molecule has 2 N–H and O–H groups in total. The van der Waals surface area contributed by atoms with Gasteiger partial charge in [0.25, 0.3) is 11.5 Å². The van der Waals surface area contributed by atoms with Crippen LogP contribution in [0.2, 0.25) is 0 Å². The number of carbonyl (C=O) groups excluding carboxylic acids is 1. The molecule has 0 aliphatic carbocycles. The Balaban J connectivity index is 2.20. The van der Waals surface area contributed by atoms with Gasteiger partial charge in [0.2, 0.25) is 0 Å². The number of rotatable bonds is 3. The largest absolute Gasteiger partial charge is 0.348 e. The van der Waals surface area contributed by atoms with Crippen molar-refractivity contribution < 1.29 is 4.79 Å². The molecular weight excluding hydrogens is 270 g/mol. The molecule has 0 saturated carbocycles. The molecule has 108 valence electrons. The van der Waals surface area contributed by atoms with Gasteiger partial charge in [-0.2, -0.15) is 0 Å². The quantitative estimate of drug-likeness (QED) is 0.753. The van der Waals surface area contributed by atoms with Crippen LogP contribution in [0.5, 0.6) is 0 Å². The van der Waals surface area contributed by atoms with Crippen LogP contribution in [0.4, 0.5) is 0 Å². The topological polar surface area (TPSA) is 92.2 Å². The number of fused-ring (bicyclic) bond motifs is 3. The molecule has 2 aromatic heterocycles. The van der Waals surface area contributed by atoms with Gasteiger partial charge in [-0.05, 0) is 25.5 Å². The van der Waals surface area contributed by atoms with Crippen molar-refractivity contribution in [3.8, 4) is 0 Å². The molecule has 1 unspecified atom stereocenters. The molecule has 0 saturated heterocycles. The predicted molar refractivity (Wildman–Crippen MR) is 78.3 cm³/mol. The maximum absolute atomic E-state index is 12.2. The van der Waals surface area contributed by atoms with Crippen LogP contribution in [0.25, 0.3) is 16.6 Å². The minimum atomic E-state index is -0.389. The third kappa shape index (κ3) is 2.16. The zero-order valence-electron chi connectivity index (χ0n) is 11.8. The summed E-state index contributed by atoms with van der Waals surface area (Å²) in [4.78, 5) is 27.1. The first-order valence-electron chi connectivity index (χ1n) is 6.79. The van der Waals surface area contributed by atoms with Crippen LogP contribution < -0.4 is 10.9 Å². The Morgan fingerprint density at radius 3 is 2.95 bits per heavy atom. The number of hydrogen-bond acceptors (Lipinski definition) is 4. The molecule has 0 aliphatic heterocycles. The van der Waals surface area contributed by atoms with Gasteiger partial charge in [0.05, 0.1) is 11.0 Å². The van der Waals surface area contributed by atoms with Crippen LogP contribution in [0.1, 0.15) is 30.8 Å². The van der Waals surface area contributed by atoms with Crippen molar-refractivity contribution >= 4 is 22.5 Å². The highest BCUT2D eigenvalue weighted by Crippen LogP contribution is 2.12. The fourth-order valence-electron chi connectivity index (χ4n) is 2.15. The van der Waals surface area contributed by atoms with Gasteiger partial charge in [-0.15, -0.1) is 5.10 Å². The molecule has 0 aliphatic rings. The average molecular weight is 285 g/mol. The third-order valence-corrected chi connectivity index (χ3v) is 3.47. The van der Waals surface area contributed by atoms with E-state index in [9.17, 15) is 9.59 Å². The van der Waals surface area contributed by atoms with Crippen LogP contribution in [-0.2, 0) is 0 Å². The highest BCUT2D eigenvalue weighted by atomic mass is 16.2. The summed E-state index contributed by atoms with van der Waals surface area (Å²) in [6, 6.07) is 7.24. The van der Waals surface area contributed by atoms with Gasteiger partial charge in [0.15, 0.2) is 11.2 Å². The van der Waals surface area contributed by atoms with E-state index < -0.39 is 0 Å². The van der Waals surface area contributed by atoms with Gasteiger partial charge < -0.3 is 10.3 Å². The minimum Gasteiger partial charge on any atom is -0.348 e. The zero-order chi connectivity index (χ0) is 15.0. The van der Waals surface area contributed by atoms with Crippen molar-refractivity contribution in [2.75, 3.05) is 0 Å². The molecule has 21 heavy (non-hydrogen) atoms. The number of benzene rings is 1. The number of nitrogens with one attached hydrogen (secondary N) is 2. The maximum Gasteiger partial charge on any atom is 0.277 e. The van der Waals surface area contributed by atoms with Gasteiger partial charge in [0, 0.05) is 6.04 Å². The predicted octanol–water partition coefficient (Wildman–Crippen LogP) is 1.10. The van der Waals surface area contributed by atoms with Crippen LogP contribution in [0.15, 0.2) is 29.1 Å². The normalized spacial score (nSPS) is 12.7. The van der Waals surface area contributed by atoms with Crippen molar-refractivity contribution in [2.45, 2.75) is 26.3 Å². The lowest BCUT2D eigenvalue weighted by molar-refractivity contribution is 0.0935. The summed E-state index contributed by atoms with van der Waals surface area (Å²) in [5.41, 5.74) is 1.17. The fourth-order valence-corrected chi connectivity index (χ4v) is 2.15. The summed E-state index contributed by atoms with van der Waals surface area (Å²) in [6.45, 7) is 3.86. The molecule has 7 nitrogen and oxygen atoms in total. The van der Waals surface area contributed by atoms with E-state index in [1.807, 2.05) is 32.0 Å². The Morgan fingerprint density at radius 2 is 2.19 bits per heavy atom. The first-order valence-corrected chi connectivity index (χ1v) is 6.79. The molecule has 0 bridgehead atoms. The number of hydrogen-bond donors (Lipinski definition) is 2. The molecule has 2 heterocycles. The minimum absolute atomic E-state index is 0.00814. The lowest BCUT2D eigenvalue weighted by Gasteiger charge is -2.09. The second kappa shape index (κ2) is 5.01. The van der Waals surface area contributed by atoms with Crippen LogP contribution in [0, 0.1) is 0 Å². The van der Waals surface area contributed by atoms with E-state index in [4.69, 9.17) is 0 Å². The molecule has 1 amide bonds. The van der Waals surface area contributed by atoms with E-state index in [-0.39, 0.29) is 28.7 Å². The molecule has 0 spiro atoms. The molecule has 3 rings (SSSR count). The Kier molecular flexibility index (Phi) is 3.17. The van der Waals surface area contributed by atoms with Crippen molar-refractivity contribution in [1.82, 2.24) is 25.1 Å². The van der Waals surface area contributed by atoms with Crippen LogP contribution in [-0.4, -0.2) is 31.8 Å². The van der Waals surface area contributed by atoms with Gasteiger partial charge in [0.1, 0.15) is 0 Å². The number of para-hydroxylation sites is 2. The lowest BCUT2D eigenvalue weighted by atomic mass is 10.2. The third-order valence-electron chi connectivity index (χ3n) is 3.47. The van der Waals surface area contributed by atoms with Crippen molar-refractivity contribution in [2.24, 2.45) is 0 Å². The molecule has 0 radical (unpaired) electrons. The summed E-state index contributed by atoms with van der Waals surface area (Å²) in [7, 11) is 0. The SMILES string of the molecule is CCC(C)NC(=O)c1nnn2c1c(=O)[nH]c1ccccc12. The highest BCUT2D eigenvalue weighted by molar-refractivity contribution is 5.99. The molecular formula is C14H15N5O2. The highest BCUT2D eigenvalue weighted by Gasteiger charge is 2.20. The standard InChI is InChI=1S/C14H15N5O2/c1-3-8(2)15-13(20)11-12-14(21)16-9-6-4-5-7-10(9)19(12)18-17-11/h4-8H,3H2,1-2H3,(H,15,20)(H,16,21). The van der Waals surface area contributed by atoms with Crippen molar-refractivity contribution in [3.63, 3.8) is 0 Å². The smallest absolute Gasteiger partial charge is 0.277 e. The first kappa shape index (κ1) is 13.3. The van der Waals surface area contributed by atoms with Gasteiger partial charge >= 0.3 is 0 Å². The Hall–Kier alpha value is -2.70. The first-order chi connectivity index (χ1) is 10.1. The Bertz CT molecular complexity index is 880. The Morgan fingerprint density at radius 1 is 1.43 bits per heavy atom. The van der Waals surface area contributed by atoms with Crippen LogP contribution in [0.3, 0.4) is 0 Å². The van der Waals surface area contributed by atoms with Crippen LogP contribution >= 0.6 is 0 Å². The Labute approximate surface area is 120 Å². The molecule has 3 aromatic rings. The van der Waals surface area contributed by atoms with E-state index >= 15 is 0 Å². The maximum atomic E-state index is 12.2. The van der Waals surface area contributed by atoms with Gasteiger partial charge in [-0.3, -0.25) is 9.59 Å². The monoisotopic (exact) mass is 285 g/mol. The fraction of sp³-hybridized carbons (Fsp3) is 0.286. The summed E-state index contributed by atoms with van der Waals surface area (Å²) in [5.74, 6) is -0.389. The summed E-state index contributed by atoms with van der Waals surface area (Å²) in [6.07, 6.45) is 0.796. The second-order valence-corrected chi connectivity index (χ2v) is 4.95. The number of aromatic amines is 1. The number of carbonyl (C=O) groups is 1. The van der Waals surface area contributed by atoms with E-state index in [0.717, 1.165) is 6.42 Å². The van der Waals surface area contributed by atoms with Gasteiger partial charge in [-0.25, -0.2) is 4.52 Å². The lowest BCUT2D eigenvalue weighted by Crippen LogP contribution is -2.33. The van der Waals surface area contributed by atoms with Crippen molar-refractivity contribution in [3.05, 3.63) is 40.3 Å². The van der Waals surface area contributed by atoms with E-state index in [0.29, 0.717) is 11.0 Å². The summed E-state index contributed by atoms with van der Waals surface area (Å²) < 4.78 is 1.40. The molecule has 0 fully saturated rings. The van der Waals surface area contributed by atoms with E-state index in [1.54, 1.807) is 6.07 Å².